The maximum atomic E-state index is 14.9. The fraction of sp³-hybridized carbons (Fsp3) is 0.878. The van der Waals surface area contributed by atoms with Gasteiger partial charge in [0.15, 0.2) is 11.7 Å². The van der Waals surface area contributed by atoms with Crippen LogP contribution in [0.1, 0.15) is 60.3 Å². The van der Waals surface area contributed by atoms with Crippen LogP contribution in [0.25, 0.3) is 0 Å². The third kappa shape index (κ3) is 17.3. The smallest absolute Gasteiger partial charge is 0.345 e. The maximum absolute atomic E-state index is 14.9. The van der Waals surface area contributed by atoms with Crippen molar-refractivity contribution < 1.29 is 60.7 Å². The molecule has 0 bridgehead atoms. The van der Waals surface area contributed by atoms with Crippen molar-refractivity contribution in [1.82, 2.24) is 43.8 Å². The van der Waals surface area contributed by atoms with Gasteiger partial charge >= 0.3 is 15.3 Å². The minimum Gasteiger partial charge on any atom is -0.370 e. The molecular weight excluding hydrogens is 961 g/mol. The molecule has 10 unspecified atom stereocenters. The lowest BCUT2D eigenvalue weighted by Crippen LogP contribution is -2.51. The molecular formula is C41H81N12O13P3. The standard InChI is InChI=1S/C41H81N12O13P3/c1-30-20-50(34(5)55)23-35(64-30)26-61-67(58,29-44-6)52-21-31(2)65-36(24-52)27-63-69(60,48(9)10)53-22-32(3)66-37(25-53)28-62-68(59,47(7)8)51-18-16-49(17-19-51)40(57)14-13-39(56)38(46-33(4)54)12-11-15-45-41(42)43/h30-32,35-38,44H,11-29H2,1-10H3,(H,46,54)(H4,42,43,45). The number of Topliss-reactive ketones (excluding diaryl/α,β-unsaturated/α-hetero) is 1. The van der Waals surface area contributed by atoms with Crippen LogP contribution >= 0.6 is 22.9 Å². The lowest BCUT2D eigenvalue weighted by atomic mass is 10.0. The summed E-state index contributed by atoms with van der Waals surface area (Å²) in [5, 5.41) is 5.66. The van der Waals surface area contributed by atoms with E-state index in [1.54, 1.807) is 59.0 Å². The summed E-state index contributed by atoms with van der Waals surface area (Å²) in [6.45, 7) is 11.3. The van der Waals surface area contributed by atoms with Crippen LogP contribution in [0.15, 0.2) is 4.99 Å². The van der Waals surface area contributed by atoms with Crippen molar-refractivity contribution in [2.24, 2.45) is 16.5 Å². The molecule has 4 aliphatic heterocycles. The van der Waals surface area contributed by atoms with E-state index < -0.39 is 53.3 Å². The second-order valence-electron chi connectivity index (χ2n) is 18.6. The Morgan fingerprint density at radius 1 is 0.696 bits per heavy atom. The Morgan fingerprint density at radius 2 is 1.20 bits per heavy atom. The van der Waals surface area contributed by atoms with E-state index in [-0.39, 0.29) is 126 Å². The van der Waals surface area contributed by atoms with Gasteiger partial charge in [-0.1, -0.05) is 0 Å². The number of hydrogen-bond donors (Lipinski definition) is 4. The monoisotopic (exact) mass is 1040 g/mol. The minimum absolute atomic E-state index is 0.0258. The number of aliphatic imine (C=N–C) groups is 1. The van der Waals surface area contributed by atoms with Crippen molar-refractivity contribution >= 4 is 52.3 Å². The highest BCUT2D eigenvalue weighted by Gasteiger charge is 2.45. The van der Waals surface area contributed by atoms with Crippen LogP contribution in [-0.2, 0) is 60.7 Å². The van der Waals surface area contributed by atoms with Crippen molar-refractivity contribution in [3.63, 3.8) is 0 Å². The zero-order valence-electron chi connectivity index (χ0n) is 42.4. The average molecular weight is 1040 g/mol. The van der Waals surface area contributed by atoms with Crippen LogP contribution in [-0.4, -0.2) is 239 Å². The quantitative estimate of drug-likeness (QED) is 0.0422. The number of guanidine groups is 1. The van der Waals surface area contributed by atoms with E-state index in [1.165, 1.54) is 23.2 Å². The van der Waals surface area contributed by atoms with Crippen molar-refractivity contribution in [3.8, 4) is 0 Å². The summed E-state index contributed by atoms with van der Waals surface area (Å²) < 4.78 is 89.6. The van der Waals surface area contributed by atoms with Gasteiger partial charge < -0.3 is 59.7 Å². The summed E-state index contributed by atoms with van der Waals surface area (Å²) in [7, 11) is -2.49. The summed E-state index contributed by atoms with van der Waals surface area (Å²) >= 11 is 0. The van der Waals surface area contributed by atoms with Crippen LogP contribution in [0.4, 0.5) is 0 Å². The number of amides is 3. The second-order valence-corrected chi connectivity index (χ2v) is 26.2. The van der Waals surface area contributed by atoms with Gasteiger partial charge in [0, 0.05) is 98.7 Å². The predicted octanol–water partition coefficient (Wildman–Crippen LogP) is 0.612. The molecule has 0 saturated carbocycles. The van der Waals surface area contributed by atoms with Crippen molar-refractivity contribution in [3.05, 3.63) is 0 Å². The number of nitrogens with two attached hydrogens (primary N) is 2. The van der Waals surface area contributed by atoms with Crippen LogP contribution in [0, 0.1) is 0 Å². The highest BCUT2D eigenvalue weighted by molar-refractivity contribution is 7.56. The summed E-state index contributed by atoms with van der Waals surface area (Å²) in [5.41, 5.74) is 10.8. The molecule has 4 heterocycles. The van der Waals surface area contributed by atoms with E-state index >= 15 is 0 Å². The molecule has 4 rings (SSSR count). The van der Waals surface area contributed by atoms with Gasteiger partial charge in [0.25, 0.3) is 7.52 Å². The Hall–Kier alpha value is -2.44. The molecule has 6 N–H and O–H groups in total. The first-order valence-corrected chi connectivity index (χ1v) is 28.5. The number of morpholine rings is 3. The Labute approximate surface area is 408 Å². The van der Waals surface area contributed by atoms with E-state index in [2.05, 4.69) is 15.6 Å². The molecule has 3 amide bonds. The molecule has 4 fully saturated rings. The number of piperazine rings is 1. The normalized spacial score (nSPS) is 27.5. The number of carbonyl (C=O) groups is 4. The summed E-state index contributed by atoms with van der Waals surface area (Å²) in [6.07, 6.45) is -1.90. The molecule has 0 aromatic heterocycles. The molecule has 69 heavy (non-hydrogen) atoms. The molecule has 0 spiro atoms. The average Bonchev–Trinajstić information content (AvgIpc) is 3.28. The number of nitrogens with one attached hydrogen (secondary N) is 2. The van der Waals surface area contributed by atoms with Gasteiger partial charge in [-0.2, -0.15) is 0 Å². The Kier molecular flexibility index (Phi) is 23.2. The van der Waals surface area contributed by atoms with Gasteiger partial charge in [-0.05, 0) is 68.9 Å². The summed E-state index contributed by atoms with van der Waals surface area (Å²) in [5.74, 6) is -0.976. The fourth-order valence-corrected chi connectivity index (χ4v) is 15.0. The van der Waals surface area contributed by atoms with Crippen LogP contribution in [0.5, 0.6) is 0 Å². The van der Waals surface area contributed by atoms with E-state index in [9.17, 15) is 32.9 Å². The molecule has 4 aliphatic rings. The lowest BCUT2D eigenvalue weighted by Gasteiger charge is -2.44. The van der Waals surface area contributed by atoms with Crippen LogP contribution < -0.4 is 22.1 Å². The second kappa shape index (κ2) is 27.0. The molecule has 398 valence electrons. The lowest BCUT2D eigenvalue weighted by molar-refractivity contribution is -0.144. The highest BCUT2D eigenvalue weighted by atomic mass is 31.2. The van der Waals surface area contributed by atoms with Gasteiger partial charge in [-0.15, -0.1) is 0 Å². The fourth-order valence-electron chi connectivity index (χ4n) is 8.79. The topological polar surface area (TPSA) is 286 Å². The van der Waals surface area contributed by atoms with Gasteiger partial charge in [-0.25, -0.2) is 23.4 Å². The van der Waals surface area contributed by atoms with Gasteiger partial charge in [-0.3, -0.25) is 37.9 Å². The molecule has 0 aliphatic carbocycles. The van der Waals surface area contributed by atoms with Crippen LogP contribution in [0.3, 0.4) is 0 Å². The van der Waals surface area contributed by atoms with Crippen molar-refractivity contribution in [2.45, 2.75) is 103 Å². The van der Waals surface area contributed by atoms with Gasteiger partial charge in [0.1, 0.15) is 0 Å². The molecule has 0 aromatic carbocycles. The summed E-state index contributed by atoms with van der Waals surface area (Å²) in [6, 6.07) is -0.763. The van der Waals surface area contributed by atoms with E-state index in [4.69, 9.17) is 39.2 Å². The number of ether oxygens (including phenoxy) is 3. The third-order valence-corrected chi connectivity index (χ3v) is 19.7. The summed E-state index contributed by atoms with van der Waals surface area (Å²) in [4.78, 5) is 57.4. The largest absolute Gasteiger partial charge is 0.370 e. The van der Waals surface area contributed by atoms with E-state index in [0.29, 0.717) is 39.0 Å². The third-order valence-electron chi connectivity index (χ3n) is 12.1. The maximum Gasteiger partial charge on any atom is 0.345 e. The van der Waals surface area contributed by atoms with Gasteiger partial charge in [0.2, 0.25) is 17.7 Å². The van der Waals surface area contributed by atoms with Crippen molar-refractivity contribution in [1.29, 1.82) is 0 Å². The predicted molar refractivity (Wildman–Crippen MR) is 260 cm³/mol. The highest BCUT2D eigenvalue weighted by Crippen LogP contribution is 2.56. The Bertz CT molecular complexity index is 1890. The Morgan fingerprint density at radius 3 is 1.72 bits per heavy atom. The van der Waals surface area contributed by atoms with Gasteiger partial charge in [0.05, 0.1) is 68.8 Å². The van der Waals surface area contributed by atoms with E-state index in [0.717, 1.165) is 0 Å². The molecule has 10 atom stereocenters. The zero-order chi connectivity index (χ0) is 51.3. The number of hydrogen-bond acceptors (Lipinski definition) is 15. The zero-order valence-corrected chi connectivity index (χ0v) is 45.0. The molecule has 28 heteroatoms. The van der Waals surface area contributed by atoms with Crippen molar-refractivity contribution in [2.75, 3.05) is 133 Å². The Balaban J connectivity index is 1.33. The minimum atomic E-state index is -3.72. The number of nitrogens with zero attached hydrogens (tertiary/aromatic N) is 8. The molecule has 25 nitrogen and oxygen atoms in total. The molecule has 0 radical (unpaired) electrons. The van der Waals surface area contributed by atoms with Crippen LogP contribution in [0.2, 0.25) is 0 Å². The molecule has 4 saturated heterocycles. The first kappa shape index (κ1) is 59.1. The number of ketones is 1. The molecule has 0 aromatic rings. The first-order chi connectivity index (χ1) is 32.4. The van der Waals surface area contributed by atoms with E-state index in [1.807, 2.05) is 20.8 Å². The number of rotatable bonds is 25. The first-order valence-electron chi connectivity index (χ1n) is 23.7. The number of carbonyl (C=O) groups excluding carboxylic acids is 4. The SMILES string of the molecule is CNCP(=O)(OCC1CN(C(C)=O)CC(C)O1)N1CC(C)OC(COP(=O)(N(C)C)N2CC(C)OC(COP(=O)(N(C)C)N3CCN(C(=O)CCC(=O)C(CCCN=C(N)N)NC(C)=O)CC3)C2)C1.